The smallest absolute Gasteiger partial charge is 0.225 e. The summed E-state index contributed by atoms with van der Waals surface area (Å²) in [7, 11) is 0. The minimum Gasteiger partial charge on any atom is -0.368 e. The van der Waals surface area contributed by atoms with Crippen LogP contribution in [0.4, 0.5) is 4.39 Å². The van der Waals surface area contributed by atoms with Gasteiger partial charge in [0.25, 0.3) is 0 Å². The van der Waals surface area contributed by atoms with Crippen molar-refractivity contribution in [3.63, 3.8) is 0 Å². The van der Waals surface area contributed by atoms with E-state index in [1.165, 1.54) is 25.7 Å². The number of rotatable bonds is 2. The highest BCUT2D eigenvalue weighted by molar-refractivity contribution is 8.00. The molecule has 27 heavy (non-hydrogen) atoms. The van der Waals surface area contributed by atoms with Gasteiger partial charge in [-0.25, -0.2) is 4.39 Å². The SMILES string of the molecule is O=C1NC[C@@]2(CCN(CC3NC4CCCCC4S3)C2)OC2CCC(F)CC12. The van der Waals surface area contributed by atoms with E-state index in [2.05, 4.69) is 27.3 Å². The highest BCUT2D eigenvalue weighted by atomic mass is 32.2. The van der Waals surface area contributed by atoms with Gasteiger partial charge >= 0.3 is 0 Å². The molecule has 0 aromatic carbocycles. The van der Waals surface area contributed by atoms with E-state index in [1.54, 1.807) is 0 Å². The van der Waals surface area contributed by atoms with Crippen LogP contribution in [0.25, 0.3) is 0 Å². The predicted molar refractivity (Wildman–Crippen MR) is 104 cm³/mol. The molecule has 1 amide bonds. The Kier molecular flexibility index (Phi) is 5.16. The van der Waals surface area contributed by atoms with Gasteiger partial charge in [-0.15, -0.1) is 11.8 Å². The van der Waals surface area contributed by atoms with Crippen molar-refractivity contribution in [1.82, 2.24) is 15.5 Å². The normalized spacial score (nSPS) is 48.1. The molecule has 7 atom stereocenters. The van der Waals surface area contributed by atoms with Gasteiger partial charge in [0.15, 0.2) is 0 Å². The minimum absolute atomic E-state index is 0.00485. The van der Waals surface area contributed by atoms with Crippen LogP contribution in [0.1, 0.15) is 51.4 Å². The molecule has 5 rings (SSSR count). The van der Waals surface area contributed by atoms with Gasteiger partial charge in [-0.05, 0) is 38.5 Å². The van der Waals surface area contributed by atoms with Crippen LogP contribution >= 0.6 is 11.8 Å². The third kappa shape index (κ3) is 3.77. The van der Waals surface area contributed by atoms with Crippen LogP contribution in [0, 0.1) is 5.92 Å². The Morgan fingerprint density at radius 2 is 2.15 bits per heavy atom. The van der Waals surface area contributed by atoms with Crippen LogP contribution in [0.3, 0.4) is 0 Å². The number of ether oxygens (including phenoxy) is 1. The predicted octanol–water partition coefficient (Wildman–Crippen LogP) is 2.06. The Bertz CT molecular complexity index is 567. The maximum absolute atomic E-state index is 13.8. The number of likely N-dealkylation sites (tertiary alicyclic amines) is 1. The first kappa shape index (κ1) is 18.6. The van der Waals surface area contributed by atoms with E-state index in [-0.39, 0.29) is 23.5 Å². The zero-order valence-electron chi connectivity index (χ0n) is 16.0. The van der Waals surface area contributed by atoms with Gasteiger partial charge in [0.05, 0.1) is 23.0 Å². The van der Waals surface area contributed by atoms with Crippen molar-refractivity contribution in [2.75, 3.05) is 26.2 Å². The lowest BCUT2D eigenvalue weighted by Gasteiger charge is -2.35. The van der Waals surface area contributed by atoms with Crippen molar-refractivity contribution in [1.29, 1.82) is 0 Å². The number of hydrogen-bond acceptors (Lipinski definition) is 5. The van der Waals surface area contributed by atoms with E-state index in [9.17, 15) is 9.18 Å². The van der Waals surface area contributed by atoms with Crippen molar-refractivity contribution >= 4 is 17.7 Å². The van der Waals surface area contributed by atoms with E-state index in [0.29, 0.717) is 37.2 Å². The number of carbonyl (C=O) groups is 1. The molecular formula is C20H32FN3O2S. The zero-order chi connectivity index (χ0) is 18.4. The second-order valence-electron chi connectivity index (χ2n) is 9.28. The molecule has 7 heteroatoms. The molecule has 6 unspecified atom stereocenters. The molecule has 3 heterocycles. The molecular weight excluding hydrogens is 365 g/mol. The molecule has 152 valence electrons. The molecule has 3 saturated heterocycles. The van der Waals surface area contributed by atoms with Gasteiger partial charge in [-0.3, -0.25) is 9.69 Å². The number of fused-ring (bicyclic) bond motifs is 2. The molecule has 5 fully saturated rings. The molecule has 0 aromatic rings. The van der Waals surface area contributed by atoms with Crippen LogP contribution in [-0.4, -0.2) is 71.5 Å². The molecule has 2 aliphatic carbocycles. The van der Waals surface area contributed by atoms with Crippen LogP contribution in [0.5, 0.6) is 0 Å². The van der Waals surface area contributed by atoms with Crippen molar-refractivity contribution in [3.05, 3.63) is 0 Å². The van der Waals surface area contributed by atoms with Crippen LogP contribution in [0.2, 0.25) is 0 Å². The second kappa shape index (κ2) is 7.47. The quantitative estimate of drug-likeness (QED) is 0.747. The lowest BCUT2D eigenvalue weighted by molar-refractivity contribution is -0.136. The number of hydrogen-bond donors (Lipinski definition) is 2. The Balaban J connectivity index is 1.20. The molecule has 2 N–H and O–H groups in total. The van der Waals surface area contributed by atoms with Crippen molar-refractivity contribution in [3.8, 4) is 0 Å². The fourth-order valence-electron chi connectivity index (χ4n) is 5.84. The largest absolute Gasteiger partial charge is 0.368 e. The third-order valence-electron chi connectivity index (χ3n) is 7.31. The van der Waals surface area contributed by atoms with E-state index < -0.39 is 6.17 Å². The first-order valence-electron chi connectivity index (χ1n) is 10.8. The summed E-state index contributed by atoms with van der Waals surface area (Å²) in [5.74, 6) is -0.313. The number of halogens is 1. The summed E-state index contributed by atoms with van der Waals surface area (Å²) in [5, 5.41) is 8.24. The number of nitrogens with zero attached hydrogens (tertiary/aromatic N) is 1. The molecule has 0 bridgehead atoms. The van der Waals surface area contributed by atoms with Gasteiger partial charge in [0, 0.05) is 37.5 Å². The number of carbonyl (C=O) groups excluding carboxylic acids is 1. The molecule has 5 nitrogen and oxygen atoms in total. The van der Waals surface area contributed by atoms with Gasteiger partial charge in [0.1, 0.15) is 6.17 Å². The van der Waals surface area contributed by atoms with Gasteiger partial charge in [0.2, 0.25) is 5.91 Å². The Labute approximate surface area is 165 Å². The van der Waals surface area contributed by atoms with E-state index in [0.717, 1.165) is 31.3 Å². The molecule has 5 aliphatic rings. The number of alkyl halides is 1. The lowest BCUT2D eigenvalue weighted by atomic mass is 9.84. The summed E-state index contributed by atoms with van der Waals surface area (Å²) in [6.07, 6.45) is 6.94. The fourth-order valence-corrected chi connectivity index (χ4v) is 7.52. The van der Waals surface area contributed by atoms with E-state index in [1.807, 2.05) is 0 Å². The molecule has 3 aliphatic heterocycles. The lowest BCUT2D eigenvalue weighted by Crippen LogP contribution is -2.47. The highest BCUT2D eigenvalue weighted by Crippen LogP contribution is 2.40. The first-order chi connectivity index (χ1) is 13.1. The van der Waals surface area contributed by atoms with Gasteiger partial charge < -0.3 is 15.4 Å². The number of amides is 1. The average molecular weight is 398 g/mol. The van der Waals surface area contributed by atoms with E-state index in [4.69, 9.17) is 4.74 Å². The first-order valence-corrected chi connectivity index (χ1v) is 11.8. The second-order valence-corrected chi connectivity index (χ2v) is 10.7. The zero-order valence-corrected chi connectivity index (χ0v) is 16.8. The maximum Gasteiger partial charge on any atom is 0.225 e. The molecule has 0 radical (unpaired) electrons. The standard InChI is InChI=1S/C20H32FN3O2S/c21-13-5-6-16-14(9-13)19(25)22-11-20(26-16)7-8-24(12-20)10-18-23-15-3-1-2-4-17(15)27-18/h13-18,23H,1-12H2,(H,22,25)/t13?,14?,15?,16?,17?,18?,20-/m1/s1. The maximum atomic E-state index is 13.8. The summed E-state index contributed by atoms with van der Waals surface area (Å²) < 4.78 is 20.3. The Morgan fingerprint density at radius 1 is 1.26 bits per heavy atom. The van der Waals surface area contributed by atoms with Gasteiger partial charge in [-0.2, -0.15) is 0 Å². The van der Waals surface area contributed by atoms with E-state index >= 15 is 0 Å². The van der Waals surface area contributed by atoms with Crippen molar-refractivity contribution in [2.24, 2.45) is 5.92 Å². The van der Waals surface area contributed by atoms with Crippen molar-refractivity contribution in [2.45, 2.75) is 85.9 Å². The fraction of sp³-hybridized carbons (Fsp3) is 0.950. The van der Waals surface area contributed by atoms with Gasteiger partial charge in [-0.1, -0.05) is 12.8 Å². The highest BCUT2D eigenvalue weighted by Gasteiger charge is 2.49. The van der Waals surface area contributed by atoms with Crippen LogP contribution in [0.15, 0.2) is 0 Å². The molecule has 0 aromatic heterocycles. The number of nitrogens with one attached hydrogen (secondary N) is 2. The average Bonchev–Trinajstić information content (AvgIpc) is 3.21. The topological polar surface area (TPSA) is 53.6 Å². The van der Waals surface area contributed by atoms with Crippen molar-refractivity contribution < 1.29 is 13.9 Å². The summed E-state index contributed by atoms with van der Waals surface area (Å²) in [5.41, 5.74) is -0.283. The summed E-state index contributed by atoms with van der Waals surface area (Å²) in [4.78, 5) is 15.0. The summed E-state index contributed by atoms with van der Waals surface area (Å²) in [6, 6.07) is 0.704. The summed E-state index contributed by atoms with van der Waals surface area (Å²) in [6.45, 7) is 3.52. The van der Waals surface area contributed by atoms with Crippen LogP contribution in [-0.2, 0) is 9.53 Å². The Morgan fingerprint density at radius 3 is 3.04 bits per heavy atom. The number of thioether (sulfide) groups is 1. The molecule has 1 spiro atoms. The molecule has 2 saturated carbocycles. The monoisotopic (exact) mass is 397 g/mol. The van der Waals surface area contributed by atoms with Crippen LogP contribution < -0.4 is 10.6 Å². The minimum atomic E-state index is -0.858. The Hall–Kier alpha value is -0.370. The summed E-state index contributed by atoms with van der Waals surface area (Å²) >= 11 is 2.13. The third-order valence-corrected chi connectivity index (χ3v) is 8.83.